The molecule has 0 aromatic heterocycles. The zero-order valence-corrected chi connectivity index (χ0v) is 14.2. The summed E-state index contributed by atoms with van der Waals surface area (Å²) in [5, 5.41) is 0. The van der Waals surface area contributed by atoms with Crippen LogP contribution in [0.1, 0.15) is 43.7 Å². The fourth-order valence-electron chi connectivity index (χ4n) is 2.65. The van der Waals surface area contributed by atoms with Crippen LogP contribution >= 0.6 is 0 Å². The van der Waals surface area contributed by atoms with Gasteiger partial charge in [0.1, 0.15) is 5.82 Å². The molecule has 0 spiro atoms. The third-order valence-corrected chi connectivity index (χ3v) is 4.06. The van der Waals surface area contributed by atoms with Gasteiger partial charge in [-0.05, 0) is 41.7 Å². The summed E-state index contributed by atoms with van der Waals surface area (Å²) in [6.07, 6.45) is 2.19. The van der Waals surface area contributed by atoms with Crippen LogP contribution in [0.5, 0.6) is 0 Å². The topological polar surface area (TPSA) is 0 Å². The van der Waals surface area contributed by atoms with Crippen LogP contribution in [-0.4, -0.2) is 6.18 Å². The summed E-state index contributed by atoms with van der Waals surface area (Å²) in [6.45, 7) is 2.18. The lowest BCUT2D eigenvalue weighted by atomic mass is 10.00. The Balaban J connectivity index is 2.06. The van der Waals surface area contributed by atoms with E-state index in [0.29, 0.717) is 5.56 Å². The Hall–Kier alpha value is -2.10. The number of hydrogen-bond acceptors (Lipinski definition) is 0. The van der Waals surface area contributed by atoms with Crippen molar-refractivity contribution in [2.75, 3.05) is 0 Å². The van der Waals surface area contributed by atoms with Crippen LogP contribution in [0.25, 0.3) is 17.2 Å². The van der Waals surface area contributed by atoms with E-state index in [4.69, 9.17) is 0 Å². The molecule has 0 saturated carbocycles. The standard InChI is InChI=1S/C21H22F4/c1-2-3-4-5-6-16-7-9-17(10-8-16)19-12-11-18(20(22)15-19)13-14-21(23,24)25/h7-15H,2-6H2,1H3/b14-13+. The highest BCUT2D eigenvalue weighted by Crippen LogP contribution is 2.25. The highest BCUT2D eigenvalue weighted by molar-refractivity contribution is 5.66. The molecule has 0 N–H and O–H groups in total. The first kappa shape index (κ1) is 19.2. The summed E-state index contributed by atoms with van der Waals surface area (Å²) in [4.78, 5) is 0. The molecule has 2 aromatic rings. The molecule has 4 heteroatoms. The van der Waals surface area contributed by atoms with E-state index in [0.717, 1.165) is 24.5 Å². The van der Waals surface area contributed by atoms with Gasteiger partial charge in [0.2, 0.25) is 0 Å². The van der Waals surface area contributed by atoms with Crippen LogP contribution in [0.3, 0.4) is 0 Å². The molecule has 0 atom stereocenters. The van der Waals surface area contributed by atoms with E-state index in [1.165, 1.54) is 37.0 Å². The van der Waals surface area contributed by atoms with Crippen molar-refractivity contribution in [3.05, 3.63) is 65.5 Å². The number of benzene rings is 2. The average Bonchev–Trinajstić information content (AvgIpc) is 2.57. The maximum atomic E-state index is 14.0. The molecular weight excluding hydrogens is 328 g/mol. The normalized spacial score (nSPS) is 12.0. The Morgan fingerprint density at radius 1 is 0.880 bits per heavy atom. The van der Waals surface area contributed by atoms with E-state index >= 15 is 0 Å². The van der Waals surface area contributed by atoms with Gasteiger partial charge in [0.15, 0.2) is 0 Å². The van der Waals surface area contributed by atoms with E-state index in [1.807, 2.05) is 24.3 Å². The zero-order valence-electron chi connectivity index (χ0n) is 14.2. The van der Waals surface area contributed by atoms with Gasteiger partial charge in [-0.15, -0.1) is 0 Å². The predicted molar refractivity (Wildman–Crippen MR) is 94.8 cm³/mol. The monoisotopic (exact) mass is 350 g/mol. The van der Waals surface area contributed by atoms with Crippen LogP contribution in [-0.2, 0) is 6.42 Å². The van der Waals surface area contributed by atoms with E-state index in [9.17, 15) is 17.6 Å². The Morgan fingerprint density at radius 2 is 1.56 bits per heavy atom. The molecule has 25 heavy (non-hydrogen) atoms. The maximum absolute atomic E-state index is 14.0. The first-order valence-corrected chi connectivity index (χ1v) is 8.54. The van der Waals surface area contributed by atoms with Crippen molar-refractivity contribution in [2.24, 2.45) is 0 Å². The van der Waals surface area contributed by atoms with Crippen molar-refractivity contribution in [3.8, 4) is 11.1 Å². The van der Waals surface area contributed by atoms with E-state index in [2.05, 4.69) is 6.92 Å². The Labute approximate surface area is 146 Å². The summed E-state index contributed by atoms with van der Waals surface area (Å²) < 4.78 is 50.5. The van der Waals surface area contributed by atoms with E-state index in [-0.39, 0.29) is 11.6 Å². The summed E-state index contributed by atoms with van der Waals surface area (Å²) in [5.41, 5.74) is 2.67. The second kappa shape index (κ2) is 8.84. The summed E-state index contributed by atoms with van der Waals surface area (Å²) in [5.74, 6) is -0.665. The third-order valence-electron chi connectivity index (χ3n) is 4.06. The van der Waals surface area contributed by atoms with E-state index in [1.54, 1.807) is 6.07 Å². The molecule has 0 amide bonds. The first-order valence-electron chi connectivity index (χ1n) is 8.54. The number of halogens is 4. The minimum Gasteiger partial charge on any atom is -0.206 e. The maximum Gasteiger partial charge on any atom is 0.409 e. The molecule has 134 valence electrons. The molecule has 0 unspecified atom stereocenters. The van der Waals surface area contributed by atoms with Crippen LogP contribution < -0.4 is 0 Å². The molecule has 0 fully saturated rings. The fourth-order valence-corrected chi connectivity index (χ4v) is 2.65. The van der Waals surface area contributed by atoms with Crippen molar-refractivity contribution in [1.29, 1.82) is 0 Å². The number of aryl methyl sites for hydroxylation is 1. The molecule has 2 aromatic carbocycles. The molecule has 0 heterocycles. The smallest absolute Gasteiger partial charge is 0.206 e. The van der Waals surface area contributed by atoms with Gasteiger partial charge in [0.05, 0.1) is 0 Å². The first-order chi connectivity index (χ1) is 11.9. The van der Waals surface area contributed by atoms with Crippen LogP contribution in [0.4, 0.5) is 17.6 Å². The minimum absolute atomic E-state index is 0.0401. The fraction of sp³-hybridized carbons (Fsp3) is 0.333. The number of allylic oxidation sites excluding steroid dienone is 1. The molecule has 0 saturated heterocycles. The van der Waals surface area contributed by atoms with Crippen LogP contribution in [0.15, 0.2) is 48.5 Å². The molecule has 2 rings (SSSR count). The largest absolute Gasteiger partial charge is 0.409 e. The van der Waals surface area contributed by atoms with Gasteiger partial charge in [-0.3, -0.25) is 0 Å². The summed E-state index contributed by atoms with van der Waals surface area (Å²) in [7, 11) is 0. The van der Waals surface area contributed by atoms with Crippen molar-refractivity contribution >= 4 is 6.08 Å². The number of hydrogen-bond donors (Lipinski definition) is 0. The van der Waals surface area contributed by atoms with Crippen LogP contribution in [0, 0.1) is 5.82 Å². The second-order valence-electron chi connectivity index (χ2n) is 6.12. The molecule has 0 aliphatic carbocycles. The van der Waals surface area contributed by atoms with Crippen molar-refractivity contribution in [3.63, 3.8) is 0 Å². The van der Waals surface area contributed by atoms with Gasteiger partial charge < -0.3 is 0 Å². The van der Waals surface area contributed by atoms with E-state index < -0.39 is 12.0 Å². The number of alkyl halides is 3. The summed E-state index contributed by atoms with van der Waals surface area (Å²) >= 11 is 0. The Morgan fingerprint density at radius 3 is 2.16 bits per heavy atom. The third kappa shape index (κ3) is 6.37. The summed E-state index contributed by atoms with van der Waals surface area (Å²) in [6, 6.07) is 12.2. The number of unbranched alkanes of at least 4 members (excludes halogenated alkanes) is 3. The van der Waals surface area contributed by atoms with Crippen LogP contribution in [0.2, 0.25) is 0 Å². The van der Waals surface area contributed by atoms with Crippen molar-refractivity contribution in [2.45, 2.75) is 45.2 Å². The second-order valence-corrected chi connectivity index (χ2v) is 6.12. The molecular formula is C21H22F4. The Kier molecular flexibility index (Phi) is 6.80. The predicted octanol–water partition coefficient (Wildman–Crippen LogP) is 7.19. The SMILES string of the molecule is CCCCCCc1ccc(-c2ccc(/C=C/C(F)(F)F)c(F)c2)cc1. The van der Waals surface area contributed by atoms with Gasteiger partial charge in [0.25, 0.3) is 0 Å². The Bertz CT molecular complexity index is 697. The van der Waals surface area contributed by atoms with Gasteiger partial charge >= 0.3 is 6.18 Å². The zero-order chi connectivity index (χ0) is 18.3. The molecule has 0 radical (unpaired) electrons. The number of rotatable bonds is 7. The van der Waals surface area contributed by atoms with Crippen molar-refractivity contribution < 1.29 is 17.6 Å². The highest BCUT2D eigenvalue weighted by Gasteiger charge is 2.22. The van der Waals surface area contributed by atoms with Gasteiger partial charge in [-0.25, -0.2) is 4.39 Å². The lowest BCUT2D eigenvalue weighted by molar-refractivity contribution is -0.0790. The molecule has 0 aliphatic rings. The quantitative estimate of drug-likeness (QED) is 0.366. The highest BCUT2D eigenvalue weighted by atomic mass is 19.4. The van der Waals surface area contributed by atoms with Crippen molar-refractivity contribution in [1.82, 2.24) is 0 Å². The van der Waals surface area contributed by atoms with Gasteiger partial charge in [0, 0.05) is 11.6 Å². The average molecular weight is 350 g/mol. The lowest BCUT2D eigenvalue weighted by Crippen LogP contribution is -2.00. The minimum atomic E-state index is -4.45. The van der Waals surface area contributed by atoms with Gasteiger partial charge in [-0.1, -0.05) is 62.6 Å². The van der Waals surface area contributed by atoms with Gasteiger partial charge in [-0.2, -0.15) is 13.2 Å². The molecule has 0 aliphatic heterocycles. The lowest BCUT2D eigenvalue weighted by Gasteiger charge is -2.07. The molecule has 0 bridgehead atoms. The molecule has 0 nitrogen and oxygen atoms in total.